The van der Waals surface area contributed by atoms with Crippen LogP contribution in [0.2, 0.25) is 0 Å². The number of hydrogen-bond acceptors (Lipinski definition) is 6. The van der Waals surface area contributed by atoms with E-state index in [1.807, 2.05) is 26.8 Å². The highest BCUT2D eigenvalue weighted by atomic mass is 32.1. The molecule has 0 bridgehead atoms. The van der Waals surface area contributed by atoms with Crippen molar-refractivity contribution in [2.24, 2.45) is 17.3 Å². The zero-order chi connectivity index (χ0) is 25.8. The summed E-state index contributed by atoms with van der Waals surface area (Å²) >= 11 is 1.34. The first-order chi connectivity index (χ1) is 16.5. The molecule has 1 amide bonds. The van der Waals surface area contributed by atoms with Gasteiger partial charge in [-0.25, -0.2) is 4.79 Å². The maximum absolute atomic E-state index is 12.8. The third-order valence-electron chi connectivity index (χ3n) is 6.64. The third kappa shape index (κ3) is 7.20. The van der Waals surface area contributed by atoms with E-state index in [9.17, 15) is 14.4 Å². The monoisotopic (exact) mass is 499 g/mol. The molecule has 0 saturated heterocycles. The molecule has 0 radical (unpaired) electrons. The maximum atomic E-state index is 12.8. The molecule has 190 valence electrons. The summed E-state index contributed by atoms with van der Waals surface area (Å²) in [6.07, 6.45) is 5.36. The van der Waals surface area contributed by atoms with Gasteiger partial charge in [0.05, 0.1) is 12.0 Å². The SMILES string of the molecule is COC(=O)c1sc(C#CC(C)(C)C)cc1C1=C(C2CCC(C)CC2)CCN(C(=O)COC(C)=O)C1. The molecule has 1 aliphatic heterocycles. The van der Waals surface area contributed by atoms with Gasteiger partial charge in [0.2, 0.25) is 0 Å². The topological polar surface area (TPSA) is 72.9 Å². The number of carbonyl (C=O) groups excluding carboxylic acids is 3. The summed E-state index contributed by atoms with van der Waals surface area (Å²) in [5, 5.41) is 0. The van der Waals surface area contributed by atoms with E-state index in [4.69, 9.17) is 9.47 Å². The van der Waals surface area contributed by atoms with Crippen LogP contribution in [0.3, 0.4) is 0 Å². The fourth-order valence-corrected chi connectivity index (χ4v) is 5.69. The molecule has 35 heavy (non-hydrogen) atoms. The van der Waals surface area contributed by atoms with Gasteiger partial charge in [-0.1, -0.05) is 37.2 Å². The van der Waals surface area contributed by atoms with E-state index in [2.05, 4.69) is 18.8 Å². The van der Waals surface area contributed by atoms with Crippen LogP contribution in [-0.4, -0.2) is 49.6 Å². The molecule has 0 N–H and O–H groups in total. The smallest absolute Gasteiger partial charge is 0.348 e. The van der Waals surface area contributed by atoms with Gasteiger partial charge in [-0.15, -0.1) is 11.3 Å². The van der Waals surface area contributed by atoms with Crippen LogP contribution in [0.4, 0.5) is 0 Å². The Hall–Kier alpha value is -2.59. The second kappa shape index (κ2) is 11.4. The van der Waals surface area contributed by atoms with E-state index in [0.29, 0.717) is 23.9 Å². The quantitative estimate of drug-likeness (QED) is 0.406. The average molecular weight is 500 g/mol. The highest BCUT2D eigenvalue weighted by Gasteiger charge is 2.32. The van der Waals surface area contributed by atoms with E-state index >= 15 is 0 Å². The van der Waals surface area contributed by atoms with Crippen LogP contribution in [0.15, 0.2) is 11.6 Å². The fraction of sp³-hybridized carbons (Fsp3) is 0.607. The predicted molar refractivity (Wildman–Crippen MR) is 138 cm³/mol. The molecule has 2 heterocycles. The molecule has 1 aromatic rings. The van der Waals surface area contributed by atoms with Crippen LogP contribution in [0, 0.1) is 29.1 Å². The van der Waals surface area contributed by atoms with E-state index in [1.54, 1.807) is 4.90 Å². The normalized spacial score (nSPS) is 20.7. The summed E-state index contributed by atoms with van der Waals surface area (Å²) in [4.78, 5) is 39.9. The third-order valence-corrected chi connectivity index (χ3v) is 7.67. The van der Waals surface area contributed by atoms with Crippen molar-refractivity contribution >= 4 is 34.8 Å². The minimum absolute atomic E-state index is 0.163. The van der Waals surface area contributed by atoms with Crippen LogP contribution < -0.4 is 0 Å². The molecule has 3 rings (SSSR count). The first kappa shape index (κ1) is 27.0. The number of esters is 2. The molecule has 0 aromatic carbocycles. The van der Waals surface area contributed by atoms with Gasteiger partial charge in [-0.3, -0.25) is 9.59 Å². The number of methoxy groups -OCH3 is 1. The summed E-state index contributed by atoms with van der Waals surface area (Å²) in [5.41, 5.74) is 3.02. The van der Waals surface area contributed by atoms with Crippen LogP contribution in [0.1, 0.15) is 86.8 Å². The Morgan fingerprint density at radius 1 is 1.17 bits per heavy atom. The van der Waals surface area contributed by atoms with Crippen molar-refractivity contribution in [1.29, 1.82) is 0 Å². The number of hydrogen-bond donors (Lipinski definition) is 0. The zero-order valence-electron chi connectivity index (χ0n) is 21.8. The van der Waals surface area contributed by atoms with E-state index in [0.717, 1.165) is 41.2 Å². The van der Waals surface area contributed by atoms with E-state index < -0.39 is 5.97 Å². The zero-order valence-corrected chi connectivity index (χ0v) is 22.6. The molecule has 6 nitrogen and oxygen atoms in total. The van der Waals surface area contributed by atoms with Crippen molar-refractivity contribution < 1.29 is 23.9 Å². The van der Waals surface area contributed by atoms with E-state index in [1.165, 1.54) is 43.8 Å². The molecule has 1 saturated carbocycles. The van der Waals surface area contributed by atoms with E-state index in [-0.39, 0.29) is 23.9 Å². The van der Waals surface area contributed by atoms with Crippen molar-refractivity contribution in [3.63, 3.8) is 0 Å². The first-order valence-corrected chi connectivity index (χ1v) is 13.2. The summed E-state index contributed by atoms with van der Waals surface area (Å²) in [7, 11) is 1.39. The molecule has 0 atom stereocenters. The number of nitrogens with zero attached hydrogens (tertiary/aromatic N) is 1. The summed E-state index contributed by atoms with van der Waals surface area (Å²) in [6, 6.07) is 1.98. The van der Waals surface area contributed by atoms with Crippen molar-refractivity contribution in [2.45, 2.75) is 66.7 Å². The summed E-state index contributed by atoms with van der Waals surface area (Å²) in [5.74, 6) is 6.57. The van der Waals surface area contributed by atoms with Gasteiger partial charge < -0.3 is 14.4 Å². The average Bonchev–Trinajstić information content (AvgIpc) is 3.25. The highest BCUT2D eigenvalue weighted by molar-refractivity contribution is 7.14. The lowest BCUT2D eigenvalue weighted by atomic mass is 9.75. The Bertz CT molecular complexity index is 1060. The highest BCUT2D eigenvalue weighted by Crippen LogP contribution is 2.42. The van der Waals surface area contributed by atoms with Crippen LogP contribution in [0.25, 0.3) is 5.57 Å². The van der Waals surface area contributed by atoms with Crippen molar-refractivity contribution in [1.82, 2.24) is 4.90 Å². The number of rotatable bonds is 5. The number of thiophene rings is 1. The molecule has 0 spiro atoms. The predicted octanol–water partition coefficient (Wildman–Crippen LogP) is 5.31. The first-order valence-electron chi connectivity index (χ1n) is 12.4. The van der Waals surface area contributed by atoms with Crippen LogP contribution >= 0.6 is 11.3 Å². The summed E-state index contributed by atoms with van der Waals surface area (Å²) in [6.45, 7) is 10.4. The van der Waals surface area contributed by atoms with Crippen LogP contribution in [-0.2, 0) is 19.1 Å². The van der Waals surface area contributed by atoms with Gasteiger partial charge in [0.25, 0.3) is 5.91 Å². The second-order valence-electron chi connectivity index (χ2n) is 10.7. The molecular formula is C28H37NO5S. The van der Waals surface area contributed by atoms with Crippen molar-refractivity contribution in [3.8, 4) is 11.8 Å². The molecule has 1 aliphatic carbocycles. The maximum Gasteiger partial charge on any atom is 0.348 e. The number of amides is 1. The van der Waals surface area contributed by atoms with Gasteiger partial charge in [0.1, 0.15) is 4.88 Å². The van der Waals surface area contributed by atoms with Gasteiger partial charge in [-0.05, 0) is 63.5 Å². The molecular weight excluding hydrogens is 462 g/mol. The van der Waals surface area contributed by atoms with Crippen LogP contribution in [0.5, 0.6) is 0 Å². The molecule has 1 aromatic heterocycles. The summed E-state index contributed by atoms with van der Waals surface area (Å²) < 4.78 is 10.1. The molecule has 0 unspecified atom stereocenters. The Morgan fingerprint density at radius 3 is 2.46 bits per heavy atom. The Kier molecular flexibility index (Phi) is 8.82. The lowest BCUT2D eigenvalue weighted by Crippen LogP contribution is -2.40. The Balaban J connectivity index is 2.05. The second-order valence-corrected chi connectivity index (χ2v) is 11.7. The van der Waals surface area contributed by atoms with Gasteiger partial charge in [0.15, 0.2) is 6.61 Å². The molecule has 1 fully saturated rings. The van der Waals surface area contributed by atoms with Gasteiger partial charge >= 0.3 is 11.9 Å². The van der Waals surface area contributed by atoms with Crippen molar-refractivity contribution in [2.75, 3.05) is 26.8 Å². The Morgan fingerprint density at radius 2 is 1.86 bits per heavy atom. The van der Waals surface area contributed by atoms with Gasteiger partial charge in [-0.2, -0.15) is 0 Å². The fourth-order valence-electron chi connectivity index (χ4n) is 4.73. The minimum Gasteiger partial charge on any atom is -0.465 e. The standard InChI is InChI=1S/C28H37NO5S/c1-18-7-9-20(10-8-18)22-12-14-29(25(31)17-34-19(2)30)16-24(22)23-15-21(11-13-28(3,4)5)35-26(23)27(32)33-6/h15,18,20H,7-10,12,14,16-17H2,1-6H3. The largest absolute Gasteiger partial charge is 0.465 e. The number of carbonyl (C=O) groups is 3. The lowest BCUT2D eigenvalue weighted by molar-refractivity contribution is -0.150. The minimum atomic E-state index is -0.476. The Labute approximate surface area is 213 Å². The molecule has 2 aliphatic rings. The number of ether oxygens (including phenoxy) is 2. The molecule has 7 heteroatoms. The van der Waals surface area contributed by atoms with Crippen molar-refractivity contribution in [3.05, 3.63) is 27.0 Å². The van der Waals surface area contributed by atoms with Gasteiger partial charge in [0, 0.05) is 31.0 Å². The lowest BCUT2D eigenvalue weighted by Gasteiger charge is -2.36.